The molecule has 0 aromatic heterocycles. The van der Waals surface area contributed by atoms with Crippen molar-refractivity contribution in [2.24, 2.45) is 11.3 Å². The molecule has 2 fully saturated rings. The normalized spacial score (nSPS) is 40.1. The summed E-state index contributed by atoms with van der Waals surface area (Å²) >= 11 is 0. The zero-order valence-corrected chi connectivity index (χ0v) is 10.1. The van der Waals surface area contributed by atoms with Crippen molar-refractivity contribution >= 4 is 0 Å². The van der Waals surface area contributed by atoms with Crippen LogP contribution in [0.3, 0.4) is 0 Å². The summed E-state index contributed by atoms with van der Waals surface area (Å²) in [4.78, 5) is 0. The number of rotatable bonds is 3. The van der Waals surface area contributed by atoms with Gasteiger partial charge in [0.05, 0.1) is 6.10 Å². The van der Waals surface area contributed by atoms with Gasteiger partial charge in [0.15, 0.2) is 0 Å². The predicted molar refractivity (Wildman–Crippen MR) is 62.8 cm³/mol. The van der Waals surface area contributed by atoms with Gasteiger partial charge < -0.3 is 10.1 Å². The lowest BCUT2D eigenvalue weighted by Crippen LogP contribution is -2.70. The maximum absolute atomic E-state index is 5.87. The van der Waals surface area contributed by atoms with Crippen molar-refractivity contribution in [1.82, 2.24) is 5.32 Å². The van der Waals surface area contributed by atoms with Gasteiger partial charge in [0.25, 0.3) is 0 Å². The first-order valence-electron chi connectivity index (χ1n) is 6.07. The number of hydrogen-bond acceptors (Lipinski definition) is 2. The molecule has 0 aromatic carbocycles. The molecule has 4 unspecified atom stereocenters. The van der Waals surface area contributed by atoms with Crippen LogP contribution in [0.2, 0.25) is 0 Å². The Kier molecular flexibility index (Phi) is 2.91. The van der Waals surface area contributed by atoms with E-state index >= 15 is 0 Å². The Bertz CT molecular complexity index is 249. The molecule has 1 aliphatic carbocycles. The molecule has 0 aromatic rings. The third-order valence-electron chi connectivity index (χ3n) is 4.13. The average Bonchev–Trinajstić information content (AvgIpc) is 2.25. The molecule has 0 spiro atoms. The highest BCUT2D eigenvalue weighted by molar-refractivity contribution is 5.11. The van der Waals surface area contributed by atoms with E-state index in [1.807, 2.05) is 6.08 Å². The third kappa shape index (κ3) is 1.74. The van der Waals surface area contributed by atoms with Gasteiger partial charge in [-0.1, -0.05) is 19.9 Å². The van der Waals surface area contributed by atoms with Crippen LogP contribution in [0.4, 0.5) is 0 Å². The second kappa shape index (κ2) is 3.91. The van der Waals surface area contributed by atoms with Gasteiger partial charge >= 0.3 is 0 Å². The summed E-state index contributed by atoms with van der Waals surface area (Å²) in [6.07, 6.45) is 4.99. The molecule has 1 N–H and O–H groups in total. The summed E-state index contributed by atoms with van der Waals surface area (Å²) in [5.41, 5.74) is 0.280. The van der Waals surface area contributed by atoms with E-state index in [1.165, 1.54) is 12.8 Å². The standard InChI is InChI=1S/C13H23NO/c1-5-9(2)14-11-10-7-6-8-15-12(10)13(11,3)4/h5,9-12,14H,1,6-8H2,2-4H3. The minimum Gasteiger partial charge on any atom is -0.377 e. The number of fused-ring (bicyclic) bond motifs is 1. The Balaban J connectivity index is 2.01. The molecule has 1 heterocycles. The Labute approximate surface area is 93.1 Å². The van der Waals surface area contributed by atoms with Crippen LogP contribution in [0.1, 0.15) is 33.6 Å². The first kappa shape index (κ1) is 11.2. The van der Waals surface area contributed by atoms with E-state index in [9.17, 15) is 0 Å². The fourth-order valence-corrected chi connectivity index (χ4v) is 3.21. The first-order valence-corrected chi connectivity index (χ1v) is 6.07. The quantitative estimate of drug-likeness (QED) is 0.720. The summed E-state index contributed by atoms with van der Waals surface area (Å²) in [6, 6.07) is 0.993. The van der Waals surface area contributed by atoms with Crippen LogP contribution < -0.4 is 5.32 Å². The van der Waals surface area contributed by atoms with E-state index in [1.54, 1.807) is 0 Å². The van der Waals surface area contributed by atoms with Crippen LogP contribution in [0.25, 0.3) is 0 Å². The molecule has 2 aliphatic rings. The summed E-state index contributed by atoms with van der Waals surface area (Å²) < 4.78 is 5.87. The molecule has 0 bridgehead atoms. The SMILES string of the molecule is C=CC(C)NC1C2CCCOC2C1(C)C. The highest BCUT2D eigenvalue weighted by Gasteiger charge is 2.57. The molecule has 86 valence electrons. The Morgan fingerprint density at radius 3 is 2.93 bits per heavy atom. The topological polar surface area (TPSA) is 21.3 Å². The largest absolute Gasteiger partial charge is 0.377 e. The lowest BCUT2D eigenvalue weighted by Gasteiger charge is -2.60. The summed E-state index contributed by atoms with van der Waals surface area (Å²) in [6.45, 7) is 11.6. The van der Waals surface area contributed by atoms with Crippen molar-refractivity contribution in [1.29, 1.82) is 0 Å². The molecule has 2 rings (SSSR count). The van der Waals surface area contributed by atoms with Crippen LogP contribution in [0, 0.1) is 11.3 Å². The molecule has 15 heavy (non-hydrogen) atoms. The molecule has 1 saturated carbocycles. The van der Waals surface area contributed by atoms with Gasteiger partial charge in [-0.25, -0.2) is 0 Å². The Hall–Kier alpha value is -0.340. The third-order valence-corrected chi connectivity index (χ3v) is 4.13. The fourth-order valence-electron chi connectivity index (χ4n) is 3.21. The molecule has 4 atom stereocenters. The van der Waals surface area contributed by atoms with Gasteiger partial charge in [-0.15, -0.1) is 6.58 Å². The van der Waals surface area contributed by atoms with E-state index in [4.69, 9.17) is 4.74 Å². The Morgan fingerprint density at radius 2 is 2.27 bits per heavy atom. The van der Waals surface area contributed by atoms with E-state index in [0.29, 0.717) is 18.2 Å². The van der Waals surface area contributed by atoms with Crippen LogP contribution in [0.5, 0.6) is 0 Å². The lowest BCUT2D eigenvalue weighted by atomic mass is 9.55. The molecule has 2 heteroatoms. The second-order valence-corrected chi connectivity index (χ2v) is 5.59. The maximum atomic E-state index is 5.87. The number of hydrogen-bond donors (Lipinski definition) is 1. The molecule has 1 aliphatic heterocycles. The highest BCUT2D eigenvalue weighted by Crippen LogP contribution is 2.51. The molecule has 1 saturated heterocycles. The lowest BCUT2D eigenvalue weighted by molar-refractivity contribution is -0.193. The van der Waals surface area contributed by atoms with Crippen molar-refractivity contribution in [3.63, 3.8) is 0 Å². The van der Waals surface area contributed by atoms with E-state index < -0.39 is 0 Å². The number of ether oxygens (including phenoxy) is 1. The monoisotopic (exact) mass is 209 g/mol. The molecule has 2 nitrogen and oxygen atoms in total. The minimum absolute atomic E-state index is 0.280. The van der Waals surface area contributed by atoms with Gasteiger partial charge in [-0.3, -0.25) is 0 Å². The average molecular weight is 209 g/mol. The molecular formula is C13H23NO. The second-order valence-electron chi connectivity index (χ2n) is 5.59. The van der Waals surface area contributed by atoms with Crippen molar-refractivity contribution in [2.75, 3.05) is 6.61 Å². The molecule has 0 amide bonds. The Morgan fingerprint density at radius 1 is 1.53 bits per heavy atom. The molecular weight excluding hydrogens is 186 g/mol. The van der Waals surface area contributed by atoms with Gasteiger partial charge in [-0.2, -0.15) is 0 Å². The van der Waals surface area contributed by atoms with Crippen LogP contribution in [0.15, 0.2) is 12.7 Å². The van der Waals surface area contributed by atoms with Gasteiger partial charge in [-0.05, 0) is 19.8 Å². The van der Waals surface area contributed by atoms with E-state index in [0.717, 1.165) is 12.5 Å². The van der Waals surface area contributed by atoms with Crippen molar-refractivity contribution in [3.05, 3.63) is 12.7 Å². The van der Waals surface area contributed by atoms with Gasteiger partial charge in [0.1, 0.15) is 0 Å². The van der Waals surface area contributed by atoms with Gasteiger partial charge in [0.2, 0.25) is 0 Å². The van der Waals surface area contributed by atoms with Gasteiger partial charge in [0, 0.05) is 30.0 Å². The highest BCUT2D eigenvalue weighted by atomic mass is 16.5. The number of nitrogens with one attached hydrogen (secondary N) is 1. The zero-order chi connectivity index (χ0) is 11.1. The fraction of sp³-hybridized carbons (Fsp3) is 0.846. The van der Waals surface area contributed by atoms with Crippen LogP contribution >= 0.6 is 0 Å². The smallest absolute Gasteiger partial charge is 0.0684 e. The van der Waals surface area contributed by atoms with Crippen molar-refractivity contribution in [2.45, 2.75) is 51.8 Å². The van der Waals surface area contributed by atoms with Crippen molar-refractivity contribution in [3.8, 4) is 0 Å². The van der Waals surface area contributed by atoms with E-state index in [-0.39, 0.29) is 5.41 Å². The summed E-state index contributed by atoms with van der Waals surface area (Å²) in [7, 11) is 0. The predicted octanol–water partition coefficient (Wildman–Crippen LogP) is 2.35. The van der Waals surface area contributed by atoms with Crippen LogP contribution in [-0.2, 0) is 4.74 Å². The first-order chi connectivity index (χ1) is 7.07. The van der Waals surface area contributed by atoms with Crippen LogP contribution in [-0.4, -0.2) is 24.8 Å². The summed E-state index contributed by atoms with van der Waals surface area (Å²) in [5, 5.41) is 3.66. The minimum atomic E-state index is 0.280. The zero-order valence-electron chi connectivity index (χ0n) is 10.1. The van der Waals surface area contributed by atoms with Crippen molar-refractivity contribution < 1.29 is 4.74 Å². The van der Waals surface area contributed by atoms with E-state index in [2.05, 4.69) is 32.7 Å². The maximum Gasteiger partial charge on any atom is 0.0684 e. The summed E-state index contributed by atoms with van der Waals surface area (Å²) in [5.74, 6) is 0.719. The molecule has 0 radical (unpaired) electrons.